The maximum atomic E-state index is 13.6. The van der Waals surface area contributed by atoms with Crippen molar-refractivity contribution in [1.82, 2.24) is 9.84 Å². The second kappa shape index (κ2) is 8.07. The van der Waals surface area contributed by atoms with Gasteiger partial charge in [-0.15, -0.1) is 4.83 Å². The van der Waals surface area contributed by atoms with Gasteiger partial charge in [0.25, 0.3) is 5.91 Å². The molecular weight excluding hydrogens is 477 g/mol. The number of amides is 1. The number of fused-ring (bicyclic) bond motifs is 5. The maximum Gasteiger partial charge on any atom is 0.416 e. The lowest BCUT2D eigenvalue weighted by Gasteiger charge is -2.60. The molecule has 1 N–H and O–H groups in total. The Hall–Kier alpha value is -1.87. The Labute approximate surface area is 205 Å². The van der Waals surface area contributed by atoms with Crippen molar-refractivity contribution in [2.24, 2.45) is 28.6 Å². The van der Waals surface area contributed by atoms with Crippen LogP contribution in [0.15, 0.2) is 30.3 Å². The molecule has 1 heterocycles. The summed E-state index contributed by atoms with van der Waals surface area (Å²) in [4.78, 5) is 16.0. The van der Waals surface area contributed by atoms with Crippen molar-refractivity contribution in [1.29, 1.82) is 0 Å². The summed E-state index contributed by atoms with van der Waals surface area (Å²) in [5.74, 6) is 0.690. The van der Waals surface area contributed by atoms with Crippen molar-refractivity contribution in [2.75, 3.05) is 6.26 Å². The molecule has 1 unspecified atom stereocenters. The topological polar surface area (TPSA) is 66.5 Å². The van der Waals surface area contributed by atoms with Crippen LogP contribution in [-0.2, 0) is 21.0 Å². The number of nitrogens with zero attached hydrogens (tertiary/aromatic N) is 1. The van der Waals surface area contributed by atoms with Gasteiger partial charge in [0.1, 0.15) is 0 Å². The number of benzene rings is 1. The van der Waals surface area contributed by atoms with Crippen molar-refractivity contribution in [3.05, 3.63) is 41.5 Å². The molecule has 1 amide bonds. The number of nitrogens with one attached hydrogen (secondary N) is 1. The van der Waals surface area contributed by atoms with Crippen LogP contribution in [0.4, 0.5) is 13.2 Å². The molecular formula is C26H33F3N2O3S. The van der Waals surface area contributed by atoms with Crippen LogP contribution in [0.5, 0.6) is 0 Å². The lowest BCUT2D eigenvalue weighted by molar-refractivity contribution is -0.142. The molecule has 6 atom stereocenters. The van der Waals surface area contributed by atoms with Gasteiger partial charge < -0.3 is 0 Å². The summed E-state index contributed by atoms with van der Waals surface area (Å²) in [5.41, 5.74) is -0.769. The van der Waals surface area contributed by atoms with Crippen LogP contribution in [-0.4, -0.2) is 31.6 Å². The van der Waals surface area contributed by atoms with Gasteiger partial charge in [-0.05, 0) is 79.4 Å². The molecule has 0 bridgehead atoms. The van der Waals surface area contributed by atoms with E-state index in [1.807, 2.05) is 6.08 Å². The molecule has 35 heavy (non-hydrogen) atoms. The fraction of sp³-hybridized carbons (Fsp3) is 0.654. The van der Waals surface area contributed by atoms with Crippen molar-refractivity contribution in [2.45, 2.75) is 71.0 Å². The fourth-order valence-corrected chi connectivity index (χ4v) is 8.54. The molecule has 1 aromatic carbocycles. The van der Waals surface area contributed by atoms with Gasteiger partial charge in [0.2, 0.25) is 10.0 Å². The molecule has 9 heteroatoms. The number of carbonyl (C=O) groups excluding carboxylic acids is 1. The van der Waals surface area contributed by atoms with E-state index in [-0.39, 0.29) is 23.1 Å². The van der Waals surface area contributed by atoms with Crippen molar-refractivity contribution in [3.8, 4) is 0 Å². The minimum Gasteiger partial charge on any atom is -0.268 e. The SMILES string of the molecule is C[C@@]12CCC[C@H]1[C@@H]1CCC3N(NS(C)(=O)=O)C(=O)C(c4cccc(C(F)(F)F)c4)=C[C@]3(C)[C@@H]1CC2. The first-order valence-electron chi connectivity index (χ1n) is 12.4. The van der Waals surface area contributed by atoms with E-state index in [9.17, 15) is 26.4 Å². The van der Waals surface area contributed by atoms with Gasteiger partial charge in [-0.3, -0.25) is 9.80 Å². The Balaban J connectivity index is 1.63. The van der Waals surface area contributed by atoms with E-state index >= 15 is 0 Å². The Morgan fingerprint density at radius 3 is 2.49 bits per heavy atom. The largest absolute Gasteiger partial charge is 0.416 e. The maximum absolute atomic E-state index is 13.6. The number of halogens is 3. The van der Waals surface area contributed by atoms with E-state index in [1.54, 1.807) is 0 Å². The van der Waals surface area contributed by atoms with E-state index in [0.29, 0.717) is 23.7 Å². The first-order chi connectivity index (χ1) is 16.2. The van der Waals surface area contributed by atoms with Crippen LogP contribution < -0.4 is 4.83 Å². The first kappa shape index (κ1) is 24.8. The van der Waals surface area contributed by atoms with Crippen LogP contribution in [0, 0.1) is 28.6 Å². The van der Waals surface area contributed by atoms with Gasteiger partial charge >= 0.3 is 6.18 Å². The van der Waals surface area contributed by atoms with E-state index in [0.717, 1.165) is 37.7 Å². The summed E-state index contributed by atoms with van der Waals surface area (Å²) in [5, 5.41) is 1.20. The third-order valence-electron chi connectivity index (χ3n) is 9.49. The first-order valence-corrected chi connectivity index (χ1v) is 14.3. The molecule has 0 radical (unpaired) electrons. The predicted molar refractivity (Wildman–Crippen MR) is 127 cm³/mol. The normalized spacial score (nSPS) is 37.4. The van der Waals surface area contributed by atoms with Gasteiger partial charge in [-0.25, -0.2) is 8.42 Å². The Morgan fingerprint density at radius 1 is 1.06 bits per heavy atom. The molecule has 4 aliphatic rings. The quantitative estimate of drug-likeness (QED) is 0.593. The van der Waals surface area contributed by atoms with Gasteiger partial charge in [0.05, 0.1) is 17.9 Å². The minimum atomic E-state index is -4.54. The molecule has 5 rings (SSSR count). The second-order valence-electron chi connectivity index (χ2n) is 11.6. The van der Waals surface area contributed by atoms with Crippen LogP contribution in [0.3, 0.4) is 0 Å². The summed E-state index contributed by atoms with van der Waals surface area (Å²) in [6.07, 6.45) is 5.60. The highest BCUT2D eigenvalue weighted by atomic mass is 32.2. The number of rotatable bonds is 3. The molecule has 1 aromatic rings. The monoisotopic (exact) mass is 510 g/mol. The van der Waals surface area contributed by atoms with Crippen molar-refractivity contribution < 1.29 is 26.4 Å². The van der Waals surface area contributed by atoms with E-state index in [4.69, 9.17) is 0 Å². The summed E-state index contributed by atoms with van der Waals surface area (Å²) < 4.78 is 64.9. The highest BCUT2D eigenvalue weighted by Crippen LogP contribution is 2.64. The smallest absolute Gasteiger partial charge is 0.268 e. The lowest BCUT2D eigenvalue weighted by atomic mass is 9.48. The van der Waals surface area contributed by atoms with Gasteiger partial charge in [0, 0.05) is 11.0 Å². The van der Waals surface area contributed by atoms with Crippen LogP contribution in [0.2, 0.25) is 0 Å². The zero-order valence-electron chi connectivity index (χ0n) is 20.4. The number of hydrogen-bond acceptors (Lipinski definition) is 3. The standard InChI is InChI=1S/C26H33F3N2O3S/c1-24-12-5-8-20(24)18-9-10-22-25(2,21(18)11-13-24)15-19(23(32)31(22)30-35(3,33)34)16-6-4-7-17(14-16)26(27,28)29/h4,6-7,14-15,18,20-22,30H,5,8-13H2,1-3H3/t18-,20-,21+,22?,24-,25+/m0/s1. The fourth-order valence-electron chi connectivity index (χ4n) is 7.97. The van der Waals surface area contributed by atoms with Gasteiger partial charge in [-0.2, -0.15) is 13.2 Å². The highest BCUT2D eigenvalue weighted by molar-refractivity contribution is 7.88. The Morgan fingerprint density at radius 2 is 1.80 bits per heavy atom. The number of alkyl halides is 3. The van der Waals surface area contributed by atoms with Gasteiger partial charge in [-0.1, -0.05) is 38.5 Å². The summed E-state index contributed by atoms with van der Waals surface area (Å²) in [6, 6.07) is 4.38. The summed E-state index contributed by atoms with van der Waals surface area (Å²) >= 11 is 0. The zero-order chi connectivity index (χ0) is 25.4. The number of carbonyl (C=O) groups is 1. The Bertz CT molecular complexity index is 1180. The van der Waals surface area contributed by atoms with Crippen molar-refractivity contribution in [3.63, 3.8) is 0 Å². The van der Waals surface area contributed by atoms with E-state index in [2.05, 4.69) is 18.7 Å². The molecule has 5 nitrogen and oxygen atoms in total. The number of hydrogen-bond donors (Lipinski definition) is 1. The number of sulfonamides is 1. The van der Waals surface area contributed by atoms with Gasteiger partial charge in [0.15, 0.2) is 0 Å². The molecule has 3 fully saturated rings. The predicted octanol–water partition coefficient (Wildman–Crippen LogP) is 5.40. The molecule has 0 aromatic heterocycles. The van der Waals surface area contributed by atoms with Crippen molar-refractivity contribution >= 4 is 21.5 Å². The Kier molecular flexibility index (Phi) is 5.72. The van der Waals surface area contributed by atoms with Crippen LogP contribution >= 0.6 is 0 Å². The highest BCUT2D eigenvalue weighted by Gasteiger charge is 2.59. The van der Waals surface area contributed by atoms with Crippen LogP contribution in [0.1, 0.15) is 69.9 Å². The van der Waals surface area contributed by atoms with Crippen LogP contribution in [0.25, 0.3) is 5.57 Å². The second-order valence-corrected chi connectivity index (χ2v) is 13.3. The molecule has 1 aliphatic heterocycles. The molecule has 0 saturated heterocycles. The molecule has 0 spiro atoms. The average molecular weight is 511 g/mol. The van der Waals surface area contributed by atoms with E-state index in [1.165, 1.54) is 36.4 Å². The summed E-state index contributed by atoms with van der Waals surface area (Å²) in [7, 11) is -3.78. The molecule has 192 valence electrons. The summed E-state index contributed by atoms with van der Waals surface area (Å²) in [6.45, 7) is 4.46. The third kappa shape index (κ3) is 4.12. The minimum absolute atomic E-state index is 0.131. The number of hydrazine groups is 1. The third-order valence-corrected chi connectivity index (χ3v) is 10.0. The zero-order valence-corrected chi connectivity index (χ0v) is 21.2. The molecule has 3 aliphatic carbocycles. The van der Waals surface area contributed by atoms with E-state index < -0.39 is 33.1 Å². The average Bonchev–Trinajstić information content (AvgIpc) is 3.16. The lowest BCUT2D eigenvalue weighted by Crippen LogP contribution is -2.64. The molecule has 3 saturated carbocycles.